The molecule has 0 atom stereocenters. The highest BCUT2D eigenvalue weighted by atomic mass is 35.5. The average molecular weight is 669 g/mol. The van der Waals surface area contributed by atoms with Crippen LogP contribution in [0.3, 0.4) is 0 Å². The van der Waals surface area contributed by atoms with Crippen molar-refractivity contribution >= 4 is 44.1 Å². The van der Waals surface area contributed by atoms with Crippen molar-refractivity contribution in [2.45, 2.75) is 37.4 Å². The minimum Gasteiger partial charge on any atom is -0.497 e. The summed E-state index contributed by atoms with van der Waals surface area (Å²) in [5.74, 6) is 0.777. The molecule has 1 heterocycles. The molecular weight excluding hydrogens is 638 g/mol. The number of nitrogens with one attached hydrogen (secondary N) is 1. The standard InChI is InChI=1S/C33H31ClF2N4O5S/c1-44-26-11-7-22(8-12-26)18-40(19-23-9-13-27(45-2)14-10-23)46(42,43)31-17-25(16-30-28(31)20-39(38-30)21-32(35)36)37-33(41)15-24-5-3-4-6-29(24)34/h3-14,16-17,20,32H,15,18-19,21H2,1-2H3,(H,37,41). The van der Waals surface area contributed by atoms with Gasteiger partial charge in [0.15, 0.2) is 0 Å². The third-order valence-electron chi connectivity index (χ3n) is 7.21. The molecule has 46 heavy (non-hydrogen) atoms. The number of rotatable bonds is 13. The first-order valence-corrected chi connectivity index (χ1v) is 16.0. The van der Waals surface area contributed by atoms with Gasteiger partial charge in [0, 0.05) is 35.4 Å². The Bertz CT molecular complexity index is 1890. The summed E-state index contributed by atoms with van der Waals surface area (Å²) in [4.78, 5) is 12.8. The number of sulfonamides is 1. The van der Waals surface area contributed by atoms with Gasteiger partial charge in [-0.2, -0.15) is 9.40 Å². The van der Waals surface area contributed by atoms with Gasteiger partial charge in [-0.15, -0.1) is 0 Å². The zero-order chi connectivity index (χ0) is 32.8. The number of alkyl halides is 2. The maximum atomic E-state index is 14.6. The van der Waals surface area contributed by atoms with Gasteiger partial charge >= 0.3 is 0 Å². The molecule has 4 aromatic carbocycles. The van der Waals surface area contributed by atoms with Gasteiger partial charge < -0.3 is 14.8 Å². The van der Waals surface area contributed by atoms with Crippen molar-refractivity contribution in [2.75, 3.05) is 19.5 Å². The van der Waals surface area contributed by atoms with Crippen LogP contribution in [0.1, 0.15) is 16.7 Å². The first kappa shape index (κ1) is 32.9. The number of anilines is 1. The van der Waals surface area contributed by atoms with E-state index in [-0.39, 0.29) is 41.0 Å². The number of halogens is 3. The van der Waals surface area contributed by atoms with Gasteiger partial charge in [0.2, 0.25) is 15.9 Å². The second kappa shape index (κ2) is 14.3. The Morgan fingerprint density at radius 2 is 1.52 bits per heavy atom. The van der Waals surface area contributed by atoms with Crippen molar-refractivity contribution in [3.05, 3.63) is 113 Å². The number of amides is 1. The Hall–Kier alpha value is -4.52. The molecule has 5 rings (SSSR count). The molecule has 0 bridgehead atoms. The number of benzene rings is 4. The van der Waals surface area contributed by atoms with Crippen molar-refractivity contribution in [3.8, 4) is 11.5 Å². The van der Waals surface area contributed by atoms with Crippen molar-refractivity contribution in [2.24, 2.45) is 0 Å². The highest BCUT2D eigenvalue weighted by molar-refractivity contribution is 7.89. The fourth-order valence-electron chi connectivity index (χ4n) is 4.92. The highest BCUT2D eigenvalue weighted by Crippen LogP contribution is 2.32. The molecule has 5 aromatic rings. The molecule has 0 unspecified atom stereocenters. The summed E-state index contributed by atoms with van der Waals surface area (Å²) in [6.45, 7) is -0.772. The summed E-state index contributed by atoms with van der Waals surface area (Å²) in [7, 11) is -1.26. The van der Waals surface area contributed by atoms with Crippen molar-refractivity contribution in [1.29, 1.82) is 0 Å². The predicted molar refractivity (Wildman–Crippen MR) is 172 cm³/mol. The van der Waals surface area contributed by atoms with Crippen LogP contribution in [-0.2, 0) is 40.9 Å². The number of aromatic nitrogens is 2. The Morgan fingerprint density at radius 3 is 2.07 bits per heavy atom. The number of carbonyl (C=O) groups excluding carboxylic acids is 1. The Morgan fingerprint density at radius 1 is 0.935 bits per heavy atom. The second-order valence-electron chi connectivity index (χ2n) is 10.4. The molecule has 240 valence electrons. The molecule has 13 heteroatoms. The van der Waals surface area contributed by atoms with Gasteiger partial charge in [-0.05, 0) is 59.2 Å². The molecule has 0 spiro atoms. The topological polar surface area (TPSA) is 103 Å². The lowest BCUT2D eigenvalue weighted by Gasteiger charge is -2.23. The fourth-order valence-corrected chi connectivity index (χ4v) is 6.75. The van der Waals surface area contributed by atoms with Crippen LogP contribution in [0.4, 0.5) is 14.5 Å². The normalized spacial score (nSPS) is 11.7. The number of fused-ring (bicyclic) bond motifs is 1. The van der Waals surface area contributed by atoms with Crippen LogP contribution in [0.5, 0.6) is 11.5 Å². The first-order chi connectivity index (χ1) is 22.0. The summed E-state index contributed by atoms with van der Waals surface area (Å²) in [6.07, 6.45) is -1.51. The molecular formula is C33H31ClF2N4O5S. The maximum Gasteiger partial charge on any atom is 0.257 e. The van der Waals surface area contributed by atoms with E-state index in [2.05, 4.69) is 10.4 Å². The largest absolute Gasteiger partial charge is 0.497 e. The molecule has 1 aromatic heterocycles. The molecule has 1 amide bonds. The first-order valence-electron chi connectivity index (χ1n) is 14.1. The van der Waals surface area contributed by atoms with Crippen LogP contribution in [0, 0.1) is 0 Å². The second-order valence-corrected chi connectivity index (χ2v) is 12.7. The van der Waals surface area contributed by atoms with Gasteiger partial charge in [0.05, 0.1) is 31.1 Å². The van der Waals surface area contributed by atoms with E-state index in [0.717, 1.165) is 4.68 Å². The summed E-state index contributed by atoms with van der Waals surface area (Å²) < 4.78 is 68.6. The number of methoxy groups -OCH3 is 2. The van der Waals surface area contributed by atoms with Gasteiger partial charge in [0.25, 0.3) is 6.43 Å². The Labute approximate surface area is 270 Å². The molecule has 0 fully saturated rings. The van der Waals surface area contributed by atoms with Crippen LogP contribution in [0.25, 0.3) is 10.9 Å². The van der Waals surface area contributed by atoms with Gasteiger partial charge in [-0.3, -0.25) is 9.48 Å². The minimum atomic E-state index is -4.34. The molecule has 1 N–H and O–H groups in total. The monoisotopic (exact) mass is 668 g/mol. The number of carbonyl (C=O) groups is 1. The molecule has 0 saturated carbocycles. The van der Waals surface area contributed by atoms with E-state index in [1.165, 1.54) is 36.9 Å². The Kier molecular flexibility index (Phi) is 10.2. The average Bonchev–Trinajstić information content (AvgIpc) is 3.43. The molecule has 0 aliphatic rings. The number of ether oxygens (including phenoxy) is 2. The van der Waals surface area contributed by atoms with Crippen LogP contribution in [0.2, 0.25) is 5.02 Å². The van der Waals surface area contributed by atoms with E-state index >= 15 is 0 Å². The van der Waals surface area contributed by atoms with Gasteiger partial charge in [-0.25, -0.2) is 17.2 Å². The lowest BCUT2D eigenvalue weighted by Crippen LogP contribution is -2.30. The fraction of sp³-hybridized carbons (Fsp3) is 0.212. The number of hydrogen-bond donors (Lipinski definition) is 1. The summed E-state index contributed by atoms with van der Waals surface area (Å²) in [5, 5.41) is 7.49. The number of nitrogens with zero attached hydrogens (tertiary/aromatic N) is 3. The van der Waals surface area contributed by atoms with Gasteiger partial charge in [0.1, 0.15) is 18.0 Å². The van der Waals surface area contributed by atoms with E-state index in [0.29, 0.717) is 33.2 Å². The summed E-state index contributed by atoms with van der Waals surface area (Å²) in [6, 6.07) is 23.6. The molecule has 9 nitrogen and oxygen atoms in total. The quantitative estimate of drug-likeness (QED) is 0.153. The van der Waals surface area contributed by atoms with E-state index in [1.807, 2.05) is 0 Å². The highest BCUT2D eigenvalue weighted by Gasteiger charge is 2.29. The lowest BCUT2D eigenvalue weighted by atomic mass is 10.1. The van der Waals surface area contributed by atoms with Gasteiger partial charge in [-0.1, -0.05) is 54.1 Å². The van der Waals surface area contributed by atoms with Crippen molar-refractivity contribution in [3.63, 3.8) is 0 Å². The smallest absolute Gasteiger partial charge is 0.257 e. The van der Waals surface area contributed by atoms with Crippen LogP contribution >= 0.6 is 11.6 Å². The third-order valence-corrected chi connectivity index (χ3v) is 9.41. The van der Waals surface area contributed by atoms with E-state index in [1.54, 1.807) is 72.8 Å². The molecule has 0 saturated heterocycles. The third kappa shape index (κ3) is 7.82. The van der Waals surface area contributed by atoms with Crippen molar-refractivity contribution in [1.82, 2.24) is 14.1 Å². The number of hydrogen-bond acceptors (Lipinski definition) is 6. The molecule has 0 aliphatic heterocycles. The minimum absolute atomic E-state index is 0.0197. The van der Waals surface area contributed by atoms with Crippen LogP contribution < -0.4 is 14.8 Å². The molecule has 0 aliphatic carbocycles. The van der Waals surface area contributed by atoms with Crippen LogP contribution in [0.15, 0.2) is 96.0 Å². The van der Waals surface area contributed by atoms with E-state index < -0.39 is 28.9 Å². The zero-order valence-electron chi connectivity index (χ0n) is 25.0. The summed E-state index contributed by atoms with van der Waals surface area (Å²) >= 11 is 6.23. The zero-order valence-corrected chi connectivity index (χ0v) is 26.6. The Balaban J connectivity index is 1.57. The van der Waals surface area contributed by atoms with E-state index in [9.17, 15) is 22.0 Å². The van der Waals surface area contributed by atoms with E-state index in [4.69, 9.17) is 21.1 Å². The lowest BCUT2D eigenvalue weighted by molar-refractivity contribution is -0.115. The summed E-state index contributed by atoms with van der Waals surface area (Å²) in [5.41, 5.74) is 2.23. The van der Waals surface area contributed by atoms with Crippen molar-refractivity contribution < 1.29 is 31.5 Å². The maximum absolute atomic E-state index is 14.6. The molecule has 0 radical (unpaired) electrons. The van der Waals surface area contributed by atoms with Crippen LogP contribution in [-0.4, -0.2) is 49.1 Å². The SMILES string of the molecule is COc1ccc(CN(Cc2ccc(OC)cc2)S(=O)(=O)c2cc(NC(=O)Cc3ccccc3Cl)cc3nn(CC(F)F)cc23)cc1. The predicted octanol–water partition coefficient (Wildman–Crippen LogP) is 6.54.